The molecular weight excluding hydrogens is 215 g/mol. The van der Waals surface area contributed by atoms with Gasteiger partial charge in [-0.15, -0.1) is 0 Å². The van der Waals surface area contributed by atoms with Crippen LogP contribution in [0.15, 0.2) is 0 Å². The van der Waals surface area contributed by atoms with Gasteiger partial charge < -0.3 is 4.89 Å². The van der Waals surface area contributed by atoms with Crippen molar-refractivity contribution in [2.75, 3.05) is 0 Å². The quantitative estimate of drug-likeness (QED) is 0.276. The molecule has 0 aliphatic rings. The van der Waals surface area contributed by atoms with Gasteiger partial charge in [0.1, 0.15) is 0 Å². The van der Waals surface area contributed by atoms with Crippen LogP contribution in [0.2, 0.25) is 0 Å². The van der Waals surface area contributed by atoms with Crippen molar-refractivity contribution in [2.24, 2.45) is 0 Å². The van der Waals surface area contributed by atoms with Gasteiger partial charge >= 0.3 is 35.5 Å². The van der Waals surface area contributed by atoms with E-state index in [0.29, 0.717) is 6.42 Å². The van der Waals surface area contributed by atoms with E-state index >= 15 is 0 Å². The van der Waals surface area contributed by atoms with Crippen molar-refractivity contribution in [1.29, 1.82) is 0 Å². The third-order valence-electron chi connectivity index (χ3n) is 2.59. The van der Waals surface area contributed by atoms with Gasteiger partial charge in [-0.05, 0) is 6.42 Å². The Morgan fingerprint density at radius 3 is 1.81 bits per heavy atom. The first-order valence-corrected chi connectivity index (χ1v) is 6.15. The number of rotatable bonds is 10. The van der Waals surface area contributed by atoms with Crippen molar-refractivity contribution in [3.8, 4) is 0 Å². The zero-order valence-corrected chi connectivity index (χ0v) is 9.83. The van der Waals surface area contributed by atoms with Gasteiger partial charge in [0.05, 0.1) is 0 Å². The van der Waals surface area contributed by atoms with Crippen molar-refractivity contribution >= 4 is 35.5 Å². The van der Waals surface area contributed by atoms with Crippen LogP contribution in [0.5, 0.6) is 0 Å². The third kappa shape index (κ3) is 14.4. The summed E-state index contributed by atoms with van der Waals surface area (Å²) in [7, 11) is 0. The molecule has 0 heterocycles. The minimum absolute atomic E-state index is 0. The average Bonchev–Trinajstić information content (AvgIpc) is 2.26. The van der Waals surface area contributed by atoms with E-state index in [1.165, 1.54) is 44.9 Å². The zero-order valence-electron chi connectivity index (χ0n) is 9.83. The normalized spacial score (nSPS) is 9.62. The monoisotopic (exact) mass is 240 g/mol. The number of carbonyl (C=O) groups excluding carboxylic acids is 1. The number of unbranched alkanes of at least 4 members (excludes halogenated alkanes) is 8. The molecule has 0 aliphatic carbocycles. The van der Waals surface area contributed by atoms with Gasteiger partial charge in [-0.3, -0.25) is 0 Å². The SMILES string of the molecule is CCCCCCCCCCCC(=O)OO.[NaH]. The summed E-state index contributed by atoms with van der Waals surface area (Å²) in [5.74, 6) is -0.516. The third-order valence-corrected chi connectivity index (χ3v) is 2.59. The Balaban J connectivity index is 0. The molecule has 0 amide bonds. The molecule has 0 saturated carbocycles. The van der Waals surface area contributed by atoms with E-state index in [2.05, 4.69) is 11.8 Å². The van der Waals surface area contributed by atoms with E-state index in [0.717, 1.165) is 12.8 Å². The second-order valence-corrected chi connectivity index (χ2v) is 4.04. The summed E-state index contributed by atoms with van der Waals surface area (Å²) >= 11 is 0. The van der Waals surface area contributed by atoms with Crippen molar-refractivity contribution < 1.29 is 14.9 Å². The van der Waals surface area contributed by atoms with Crippen molar-refractivity contribution in [1.82, 2.24) is 0 Å². The molecule has 0 aromatic carbocycles. The van der Waals surface area contributed by atoms with Gasteiger partial charge in [0, 0.05) is 6.42 Å². The summed E-state index contributed by atoms with van der Waals surface area (Å²) in [5.41, 5.74) is 0. The van der Waals surface area contributed by atoms with Crippen molar-refractivity contribution in [2.45, 2.75) is 71.1 Å². The Morgan fingerprint density at radius 2 is 1.38 bits per heavy atom. The molecule has 3 nitrogen and oxygen atoms in total. The van der Waals surface area contributed by atoms with E-state index < -0.39 is 5.97 Å². The second kappa shape index (κ2) is 15.4. The fraction of sp³-hybridized carbons (Fsp3) is 0.917. The second-order valence-electron chi connectivity index (χ2n) is 4.04. The van der Waals surface area contributed by atoms with Gasteiger partial charge in [0.25, 0.3) is 0 Å². The molecule has 92 valence electrons. The molecule has 0 aliphatic heterocycles. The van der Waals surface area contributed by atoms with Gasteiger partial charge in [-0.25, -0.2) is 4.79 Å². The fourth-order valence-electron chi connectivity index (χ4n) is 1.63. The van der Waals surface area contributed by atoms with Crippen LogP contribution in [-0.2, 0) is 9.68 Å². The molecular formula is C12H25NaO3. The predicted molar refractivity (Wildman–Crippen MR) is 67.7 cm³/mol. The first-order chi connectivity index (χ1) is 7.31. The number of hydrogen-bond acceptors (Lipinski definition) is 3. The molecule has 0 bridgehead atoms. The van der Waals surface area contributed by atoms with E-state index in [-0.39, 0.29) is 29.6 Å². The van der Waals surface area contributed by atoms with Gasteiger partial charge in [-0.2, -0.15) is 5.26 Å². The van der Waals surface area contributed by atoms with E-state index in [1.807, 2.05) is 0 Å². The molecule has 4 heteroatoms. The minimum atomic E-state index is -0.516. The van der Waals surface area contributed by atoms with Crippen molar-refractivity contribution in [3.63, 3.8) is 0 Å². The molecule has 0 aromatic rings. The molecule has 0 spiro atoms. The summed E-state index contributed by atoms with van der Waals surface area (Å²) in [4.78, 5) is 14.1. The number of carbonyl (C=O) groups is 1. The Morgan fingerprint density at radius 1 is 0.938 bits per heavy atom. The van der Waals surface area contributed by atoms with Crippen LogP contribution in [0.3, 0.4) is 0 Å². The number of hydrogen-bond donors (Lipinski definition) is 1. The van der Waals surface area contributed by atoms with Gasteiger partial charge in [0.15, 0.2) is 0 Å². The molecule has 16 heavy (non-hydrogen) atoms. The summed E-state index contributed by atoms with van der Waals surface area (Å²) in [6.45, 7) is 2.22. The molecule has 0 atom stereocenters. The van der Waals surface area contributed by atoms with E-state index in [9.17, 15) is 4.79 Å². The van der Waals surface area contributed by atoms with Crippen LogP contribution < -0.4 is 0 Å². The zero-order chi connectivity index (χ0) is 11.4. The molecule has 0 aromatic heterocycles. The van der Waals surface area contributed by atoms with E-state index in [1.54, 1.807) is 0 Å². The molecule has 0 radical (unpaired) electrons. The topological polar surface area (TPSA) is 46.5 Å². The molecule has 0 rings (SSSR count). The Kier molecular flexibility index (Phi) is 18.1. The van der Waals surface area contributed by atoms with Gasteiger partial charge in [-0.1, -0.05) is 58.3 Å². The van der Waals surface area contributed by atoms with Crippen LogP contribution in [0.25, 0.3) is 0 Å². The van der Waals surface area contributed by atoms with Crippen LogP contribution in [0.1, 0.15) is 71.1 Å². The summed E-state index contributed by atoms with van der Waals surface area (Å²) in [5, 5.41) is 8.01. The Bertz CT molecular complexity index is 151. The van der Waals surface area contributed by atoms with Crippen LogP contribution >= 0.6 is 0 Å². The molecule has 0 saturated heterocycles. The first kappa shape index (κ1) is 18.8. The summed E-state index contributed by atoms with van der Waals surface area (Å²) < 4.78 is 0. The van der Waals surface area contributed by atoms with Crippen molar-refractivity contribution in [3.05, 3.63) is 0 Å². The molecule has 0 unspecified atom stereocenters. The predicted octanol–water partition coefficient (Wildman–Crippen LogP) is 3.28. The maximum absolute atomic E-state index is 10.5. The van der Waals surface area contributed by atoms with Gasteiger partial charge in [0.2, 0.25) is 0 Å². The maximum atomic E-state index is 10.5. The average molecular weight is 240 g/mol. The summed E-state index contributed by atoms with van der Waals surface area (Å²) in [6.07, 6.45) is 11.3. The fourth-order valence-corrected chi connectivity index (χ4v) is 1.63. The Hall–Kier alpha value is 0.430. The Labute approximate surface area is 121 Å². The molecule has 1 N–H and O–H groups in total. The van der Waals surface area contributed by atoms with Crippen LogP contribution in [0.4, 0.5) is 0 Å². The van der Waals surface area contributed by atoms with Crippen LogP contribution in [-0.4, -0.2) is 40.8 Å². The molecule has 0 fully saturated rings. The first-order valence-electron chi connectivity index (χ1n) is 6.15. The summed E-state index contributed by atoms with van der Waals surface area (Å²) in [6, 6.07) is 0. The standard InChI is InChI=1S/C12H24O3.Na.H/c1-2-3-4-5-6-7-8-9-10-11-12(13)15-14;;/h14H,2-11H2,1H3;;. The van der Waals surface area contributed by atoms with Crippen LogP contribution in [0, 0.1) is 0 Å². The van der Waals surface area contributed by atoms with E-state index in [4.69, 9.17) is 5.26 Å².